The van der Waals surface area contributed by atoms with Crippen molar-refractivity contribution in [2.75, 3.05) is 32.8 Å². The zero-order valence-electron chi connectivity index (χ0n) is 16.7. The highest BCUT2D eigenvalue weighted by molar-refractivity contribution is 6.31. The summed E-state index contributed by atoms with van der Waals surface area (Å²) >= 11 is 6.19. The smallest absolute Gasteiger partial charge is 0.266 e. The topological polar surface area (TPSA) is 59.4 Å². The van der Waals surface area contributed by atoms with Crippen molar-refractivity contribution in [1.29, 1.82) is 0 Å². The normalized spacial score (nSPS) is 16.1. The van der Waals surface area contributed by atoms with E-state index in [1.54, 1.807) is 22.8 Å². The minimum absolute atomic E-state index is 0.0390. The van der Waals surface area contributed by atoms with Gasteiger partial charge in [0.1, 0.15) is 11.6 Å². The number of nitrogens with one attached hydrogen (secondary N) is 1. The molecule has 152 valence electrons. The second-order valence-corrected chi connectivity index (χ2v) is 7.57. The summed E-state index contributed by atoms with van der Waals surface area (Å²) < 4.78 is 7.53. The van der Waals surface area contributed by atoms with Crippen molar-refractivity contribution in [2.45, 2.75) is 19.9 Å². The largest absolute Gasteiger partial charge is 0.492 e. The lowest BCUT2D eigenvalue weighted by molar-refractivity contribution is 0.177. The van der Waals surface area contributed by atoms with Crippen LogP contribution in [0.1, 0.15) is 25.7 Å². The summed E-state index contributed by atoms with van der Waals surface area (Å²) in [6, 6.07) is 12.8. The third-order valence-corrected chi connectivity index (χ3v) is 5.57. The molecule has 1 fully saturated rings. The first kappa shape index (κ1) is 19.9. The Morgan fingerprint density at radius 3 is 2.72 bits per heavy atom. The van der Waals surface area contributed by atoms with E-state index in [1.807, 2.05) is 31.2 Å². The Morgan fingerprint density at radius 2 is 1.97 bits per heavy atom. The van der Waals surface area contributed by atoms with Gasteiger partial charge in [0.15, 0.2) is 0 Å². The molecule has 1 atom stereocenters. The van der Waals surface area contributed by atoms with Crippen LogP contribution in [0.4, 0.5) is 0 Å². The second-order valence-electron chi connectivity index (χ2n) is 7.13. The maximum absolute atomic E-state index is 13.6. The molecule has 0 radical (unpaired) electrons. The molecule has 6 nitrogen and oxygen atoms in total. The number of ether oxygens (including phenoxy) is 1. The maximum atomic E-state index is 13.6. The molecule has 4 rings (SSSR count). The van der Waals surface area contributed by atoms with Crippen LogP contribution < -0.4 is 15.6 Å². The molecular weight excluding hydrogens is 388 g/mol. The van der Waals surface area contributed by atoms with Gasteiger partial charge in [-0.25, -0.2) is 4.98 Å². The first-order valence-corrected chi connectivity index (χ1v) is 10.4. The van der Waals surface area contributed by atoms with Gasteiger partial charge in [0, 0.05) is 31.2 Å². The van der Waals surface area contributed by atoms with Gasteiger partial charge >= 0.3 is 0 Å². The number of hydrogen-bond acceptors (Lipinski definition) is 5. The van der Waals surface area contributed by atoms with Gasteiger partial charge in [-0.3, -0.25) is 14.3 Å². The van der Waals surface area contributed by atoms with E-state index in [0.717, 1.165) is 26.2 Å². The Bertz CT molecular complexity index is 1080. The molecule has 1 N–H and O–H groups in total. The Balaban J connectivity index is 1.97. The average molecular weight is 413 g/mol. The molecule has 1 aliphatic heterocycles. The summed E-state index contributed by atoms with van der Waals surface area (Å²) in [5.74, 6) is 1.36. The minimum atomic E-state index is -0.115. The van der Waals surface area contributed by atoms with Crippen LogP contribution in [0, 0.1) is 0 Å². The standard InChI is InChI=1S/C22H25ClN4O2/c1-3-29-20-7-5-4-6-19(20)27-21(15(2)26-12-10-24-11-13-26)25-18-14-16(23)8-9-17(18)22(27)28/h4-9,14-15,24H,3,10-13H2,1-2H3. The van der Waals surface area contributed by atoms with Gasteiger partial charge in [0.05, 0.1) is 29.2 Å². The van der Waals surface area contributed by atoms with Crippen molar-refractivity contribution in [3.8, 4) is 11.4 Å². The predicted molar refractivity (Wildman–Crippen MR) is 116 cm³/mol. The Morgan fingerprint density at radius 1 is 1.21 bits per heavy atom. The number of piperazine rings is 1. The molecule has 0 amide bonds. The third kappa shape index (κ3) is 3.88. The number of fused-ring (bicyclic) bond motifs is 1. The lowest BCUT2D eigenvalue weighted by atomic mass is 10.1. The number of para-hydroxylation sites is 2. The van der Waals surface area contributed by atoms with Crippen molar-refractivity contribution >= 4 is 22.5 Å². The van der Waals surface area contributed by atoms with E-state index in [2.05, 4.69) is 17.1 Å². The summed E-state index contributed by atoms with van der Waals surface area (Å²) in [6.07, 6.45) is 0. The van der Waals surface area contributed by atoms with E-state index >= 15 is 0 Å². The summed E-state index contributed by atoms with van der Waals surface area (Å²) in [7, 11) is 0. The quantitative estimate of drug-likeness (QED) is 0.696. The van der Waals surface area contributed by atoms with Gasteiger partial charge in [0.25, 0.3) is 5.56 Å². The highest BCUT2D eigenvalue weighted by atomic mass is 35.5. The van der Waals surface area contributed by atoms with Crippen molar-refractivity contribution < 1.29 is 4.74 Å². The summed E-state index contributed by atoms with van der Waals surface area (Å²) in [5.41, 5.74) is 1.21. The molecule has 0 saturated carbocycles. The van der Waals surface area contributed by atoms with Crippen molar-refractivity contribution in [3.63, 3.8) is 0 Å². The van der Waals surface area contributed by atoms with E-state index < -0.39 is 0 Å². The van der Waals surface area contributed by atoms with Crippen LogP contribution in [0.5, 0.6) is 5.75 Å². The fourth-order valence-electron chi connectivity index (χ4n) is 3.84. The highest BCUT2D eigenvalue weighted by Crippen LogP contribution is 2.28. The fourth-order valence-corrected chi connectivity index (χ4v) is 4.01. The molecule has 1 unspecified atom stereocenters. The zero-order chi connectivity index (χ0) is 20.4. The average Bonchev–Trinajstić information content (AvgIpc) is 2.74. The monoisotopic (exact) mass is 412 g/mol. The van der Waals surface area contributed by atoms with Gasteiger partial charge in [-0.15, -0.1) is 0 Å². The molecule has 29 heavy (non-hydrogen) atoms. The lowest BCUT2D eigenvalue weighted by Crippen LogP contribution is -2.45. The van der Waals surface area contributed by atoms with Gasteiger partial charge in [0.2, 0.25) is 0 Å². The van der Waals surface area contributed by atoms with Crippen molar-refractivity contribution in [2.24, 2.45) is 0 Å². The molecule has 2 heterocycles. The number of halogens is 1. The third-order valence-electron chi connectivity index (χ3n) is 5.34. The Hall–Kier alpha value is -2.41. The molecule has 1 saturated heterocycles. The van der Waals surface area contributed by atoms with Crippen LogP contribution in [0.25, 0.3) is 16.6 Å². The van der Waals surface area contributed by atoms with Crippen LogP contribution in [0.2, 0.25) is 5.02 Å². The maximum Gasteiger partial charge on any atom is 0.266 e. The van der Waals surface area contributed by atoms with E-state index in [9.17, 15) is 4.79 Å². The van der Waals surface area contributed by atoms with Crippen molar-refractivity contribution in [1.82, 2.24) is 19.8 Å². The molecule has 2 aromatic carbocycles. The molecule has 0 spiro atoms. The molecule has 3 aromatic rings. The SMILES string of the molecule is CCOc1ccccc1-n1c(C(C)N2CCNCC2)nc2cc(Cl)ccc2c1=O. The molecular formula is C22H25ClN4O2. The molecule has 0 bridgehead atoms. The van der Waals surface area contributed by atoms with E-state index in [-0.39, 0.29) is 11.6 Å². The number of nitrogens with zero attached hydrogens (tertiary/aromatic N) is 3. The van der Waals surface area contributed by atoms with Crippen molar-refractivity contribution in [3.05, 3.63) is 63.7 Å². The van der Waals surface area contributed by atoms with Gasteiger partial charge in [-0.2, -0.15) is 0 Å². The van der Waals surface area contributed by atoms with Crippen LogP contribution in [-0.4, -0.2) is 47.2 Å². The highest BCUT2D eigenvalue weighted by Gasteiger charge is 2.25. The number of aromatic nitrogens is 2. The molecule has 1 aromatic heterocycles. The van der Waals surface area contributed by atoms with Gasteiger partial charge in [-0.1, -0.05) is 23.7 Å². The Labute approximate surface area is 175 Å². The minimum Gasteiger partial charge on any atom is -0.492 e. The van der Waals surface area contributed by atoms with E-state index in [1.165, 1.54) is 0 Å². The number of rotatable bonds is 5. The summed E-state index contributed by atoms with van der Waals surface area (Å²) in [5, 5.41) is 4.48. The summed E-state index contributed by atoms with van der Waals surface area (Å²) in [4.78, 5) is 20.9. The van der Waals surface area contributed by atoms with Gasteiger partial charge < -0.3 is 10.1 Å². The zero-order valence-corrected chi connectivity index (χ0v) is 17.4. The number of benzene rings is 2. The first-order chi connectivity index (χ1) is 14.1. The fraction of sp³-hybridized carbons (Fsp3) is 0.364. The molecule has 7 heteroatoms. The van der Waals surface area contributed by atoms with Crippen LogP contribution >= 0.6 is 11.6 Å². The van der Waals surface area contributed by atoms with Crippen LogP contribution in [-0.2, 0) is 0 Å². The molecule has 0 aliphatic carbocycles. The lowest BCUT2D eigenvalue weighted by Gasteiger charge is -2.33. The number of hydrogen-bond donors (Lipinski definition) is 1. The van der Waals surface area contributed by atoms with Crippen LogP contribution in [0.15, 0.2) is 47.3 Å². The van der Waals surface area contributed by atoms with Gasteiger partial charge in [-0.05, 0) is 44.2 Å². The van der Waals surface area contributed by atoms with E-state index in [0.29, 0.717) is 39.8 Å². The molecule has 1 aliphatic rings. The Kier molecular flexibility index (Phi) is 5.85. The first-order valence-electron chi connectivity index (χ1n) is 9.99. The van der Waals surface area contributed by atoms with E-state index in [4.69, 9.17) is 21.3 Å². The van der Waals surface area contributed by atoms with Crippen LogP contribution in [0.3, 0.4) is 0 Å². The predicted octanol–water partition coefficient (Wildman–Crippen LogP) is 3.40. The summed E-state index contributed by atoms with van der Waals surface area (Å²) in [6.45, 7) is 8.20. The second kappa shape index (κ2) is 8.53.